The molecule has 304 valence electrons. The van der Waals surface area contributed by atoms with Crippen molar-refractivity contribution in [2.75, 3.05) is 39.3 Å². The molecule has 0 aliphatic carbocycles. The predicted molar refractivity (Wildman–Crippen MR) is 169 cm³/mol. The number of aliphatic carboxylic acids is 1. The fourth-order valence-corrected chi connectivity index (χ4v) is 6.37. The molecule has 3 aliphatic heterocycles. The summed E-state index contributed by atoms with van der Waals surface area (Å²) in [6.45, 7) is -3.38. The summed E-state index contributed by atoms with van der Waals surface area (Å²) in [5, 5.41) is 135. The number of nitrogens with two attached hydrogens (primary N) is 1. The van der Waals surface area contributed by atoms with Crippen molar-refractivity contribution >= 4 is 11.7 Å². The van der Waals surface area contributed by atoms with E-state index in [2.05, 4.69) is 0 Å². The fraction of sp³-hybridized carbons (Fsp3) is 0.774. The van der Waals surface area contributed by atoms with Crippen LogP contribution in [0.1, 0.15) is 12.0 Å². The first-order valence-corrected chi connectivity index (χ1v) is 16.6. The number of hydrogen-bond donors (Lipinski definition) is 14. The molecular weight excluding hydrogens is 722 g/mol. The number of anilines is 1. The van der Waals surface area contributed by atoms with Gasteiger partial charge in [0, 0.05) is 18.2 Å². The zero-order valence-corrected chi connectivity index (χ0v) is 28.4. The Bertz CT molecular complexity index is 1330. The van der Waals surface area contributed by atoms with Gasteiger partial charge in [0.15, 0.2) is 12.6 Å². The van der Waals surface area contributed by atoms with Crippen LogP contribution >= 0.6 is 0 Å². The number of carbonyl (C=O) groups is 1. The lowest BCUT2D eigenvalue weighted by molar-refractivity contribution is -0.388. The van der Waals surface area contributed by atoms with Crippen molar-refractivity contribution in [3.8, 4) is 5.75 Å². The molecule has 53 heavy (non-hydrogen) atoms. The molecule has 0 radical (unpaired) electrons. The maximum atomic E-state index is 12.6. The highest BCUT2D eigenvalue weighted by molar-refractivity contribution is 5.76. The quantitative estimate of drug-likeness (QED) is 0.0694. The third kappa shape index (κ3) is 9.34. The molecule has 1 aromatic carbocycles. The number of rotatable bonds is 16. The molecule has 0 bridgehead atoms. The molecule has 0 saturated carbocycles. The molecule has 3 saturated heterocycles. The minimum Gasteiger partial charge on any atom is -0.496 e. The second-order valence-corrected chi connectivity index (χ2v) is 12.9. The van der Waals surface area contributed by atoms with Gasteiger partial charge in [0.1, 0.15) is 85.1 Å². The number of aliphatic hydroxyl groups excluding tert-OH is 12. The van der Waals surface area contributed by atoms with Gasteiger partial charge in [0.25, 0.3) is 5.79 Å². The first kappa shape index (κ1) is 43.3. The minimum atomic E-state index is -2.62. The van der Waals surface area contributed by atoms with Crippen LogP contribution in [0.25, 0.3) is 0 Å². The third-order valence-corrected chi connectivity index (χ3v) is 9.32. The van der Waals surface area contributed by atoms with Gasteiger partial charge in [-0.15, -0.1) is 0 Å². The zero-order valence-electron chi connectivity index (χ0n) is 28.4. The minimum absolute atomic E-state index is 0.0700. The lowest BCUT2D eigenvalue weighted by Gasteiger charge is -2.50. The fourth-order valence-electron chi connectivity index (χ4n) is 6.37. The van der Waals surface area contributed by atoms with Crippen molar-refractivity contribution in [2.24, 2.45) is 0 Å². The molecule has 0 spiro atoms. The van der Waals surface area contributed by atoms with Crippen molar-refractivity contribution in [3.05, 3.63) is 23.8 Å². The topological polar surface area (TPSA) is 371 Å². The Labute approximate surface area is 301 Å². The van der Waals surface area contributed by atoms with E-state index in [0.29, 0.717) is 17.0 Å². The summed E-state index contributed by atoms with van der Waals surface area (Å²) in [6.07, 6.45) is -32.2. The van der Waals surface area contributed by atoms with Crippen LogP contribution in [0.4, 0.5) is 5.69 Å². The van der Waals surface area contributed by atoms with Gasteiger partial charge in [-0.3, -0.25) is 0 Å². The van der Waals surface area contributed by atoms with Crippen LogP contribution in [-0.2, 0) is 39.6 Å². The van der Waals surface area contributed by atoms with Gasteiger partial charge < -0.3 is 105 Å². The van der Waals surface area contributed by atoms with Crippen LogP contribution in [0.2, 0.25) is 0 Å². The molecule has 15 N–H and O–H groups in total. The maximum Gasteiger partial charge on any atom is 0.364 e. The van der Waals surface area contributed by atoms with E-state index in [9.17, 15) is 71.2 Å². The van der Waals surface area contributed by atoms with Crippen LogP contribution < -0.4 is 10.5 Å². The van der Waals surface area contributed by atoms with Gasteiger partial charge in [-0.2, -0.15) is 0 Å². The van der Waals surface area contributed by atoms with E-state index in [0.717, 1.165) is 0 Å². The number of carboxylic acid groups (broad SMARTS) is 1. The molecule has 0 aromatic heterocycles. The number of benzene rings is 1. The number of nitrogen functional groups attached to an aromatic ring is 1. The lowest BCUT2D eigenvalue weighted by Crippen LogP contribution is -2.68. The second kappa shape index (κ2) is 18.5. The van der Waals surface area contributed by atoms with E-state index in [1.165, 1.54) is 13.2 Å². The highest BCUT2D eigenvalue weighted by Gasteiger charge is 2.58. The third-order valence-electron chi connectivity index (χ3n) is 9.32. The van der Waals surface area contributed by atoms with Gasteiger partial charge in [0.2, 0.25) is 0 Å². The normalized spacial score (nSPS) is 39.6. The number of ether oxygens (including phenoxy) is 7. The summed E-state index contributed by atoms with van der Waals surface area (Å²) in [5.41, 5.74) is 6.76. The molecular formula is C31H49NO21. The van der Waals surface area contributed by atoms with Crippen LogP contribution in [0.3, 0.4) is 0 Å². The van der Waals surface area contributed by atoms with E-state index in [-0.39, 0.29) is 13.0 Å². The second-order valence-electron chi connectivity index (χ2n) is 12.9. The summed E-state index contributed by atoms with van der Waals surface area (Å²) < 4.78 is 38.8. The highest BCUT2D eigenvalue weighted by atomic mass is 16.8. The summed E-state index contributed by atoms with van der Waals surface area (Å²) in [7, 11) is 1.40. The van der Waals surface area contributed by atoms with Crippen LogP contribution in [0.5, 0.6) is 5.75 Å². The van der Waals surface area contributed by atoms with Gasteiger partial charge in [-0.25, -0.2) is 4.79 Å². The molecule has 0 amide bonds. The van der Waals surface area contributed by atoms with Crippen molar-refractivity contribution in [1.82, 2.24) is 0 Å². The number of methoxy groups -OCH3 is 1. The summed E-state index contributed by atoms with van der Waals surface area (Å²) in [5.74, 6) is -3.97. The van der Waals surface area contributed by atoms with Crippen LogP contribution in [0, 0.1) is 0 Å². The average molecular weight is 772 g/mol. The van der Waals surface area contributed by atoms with Crippen molar-refractivity contribution < 1.29 is 104 Å². The Balaban J connectivity index is 1.58. The number of hydrogen-bond acceptors (Lipinski definition) is 21. The van der Waals surface area contributed by atoms with E-state index < -0.39 is 136 Å². The molecule has 3 aliphatic rings. The highest BCUT2D eigenvalue weighted by Crippen LogP contribution is 2.38. The SMILES string of the molecule is COc1cc(N)ccc1CCO[C@]1(C(=O)O)C[C@@H](O)[C@@H](O[C@H]2OC([C@@H](O)CO)[C@@H](O)[C@H](O[C@H]3O[C@@H]([C@@H](O)CO)[C@@H](O)C(O)C3O)C2O)C([C@H](O)CO)O1. The Hall–Kier alpha value is -2.43. The predicted octanol–water partition coefficient (Wildman–Crippen LogP) is -7.15. The standard InChI is InChI=1S/C31H49NO21/c1-47-17-6-12(32)3-2-11(17)4-5-48-31(30(45)46)7-13(36)25(26(53-31)16(39)10-35)51-29-22(44)27(21(43)24(50-29)15(38)9-34)52-28-20(42)18(40)19(41)23(49-28)14(37)8-33/h2-3,6,13-16,18-29,33-44H,4-5,7-10,32H2,1H3,(H,45,46)/t13-,14+,15+,16-,18?,19+,20?,21-,22?,23+,24?,25-,26?,27+,28-,29-,31-/m1/s1. The van der Waals surface area contributed by atoms with E-state index in [1.54, 1.807) is 12.1 Å². The van der Waals surface area contributed by atoms with E-state index in [1.807, 2.05) is 0 Å². The van der Waals surface area contributed by atoms with Gasteiger partial charge in [0.05, 0.1) is 39.6 Å². The molecule has 5 unspecified atom stereocenters. The smallest absolute Gasteiger partial charge is 0.364 e. The first-order valence-electron chi connectivity index (χ1n) is 16.6. The zero-order chi connectivity index (χ0) is 39.4. The molecule has 3 heterocycles. The number of aliphatic hydroxyl groups is 12. The van der Waals surface area contributed by atoms with Gasteiger partial charge in [-0.05, 0) is 18.1 Å². The molecule has 22 heteroatoms. The van der Waals surface area contributed by atoms with Crippen LogP contribution in [0.15, 0.2) is 18.2 Å². The monoisotopic (exact) mass is 771 g/mol. The molecule has 1 aromatic rings. The average Bonchev–Trinajstić information content (AvgIpc) is 3.14. The summed E-state index contributed by atoms with van der Waals surface area (Å²) in [4.78, 5) is 12.6. The Morgan fingerprint density at radius 2 is 1.36 bits per heavy atom. The van der Waals surface area contributed by atoms with Crippen molar-refractivity contribution in [1.29, 1.82) is 0 Å². The Kier molecular flexibility index (Phi) is 15.1. The largest absolute Gasteiger partial charge is 0.496 e. The Morgan fingerprint density at radius 3 is 1.92 bits per heavy atom. The summed E-state index contributed by atoms with van der Waals surface area (Å²) >= 11 is 0. The molecule has 3 fully saturated rings. The first-order chi connectivity index (χ1) is 25.0. The van der Waals surface area contributed by atoms with Crippen molar-refractivity contribution in [2.45, 2.75) is 117 Å². The summed E-state index contributed by atoms with van der Waals surface area (Å²) in [6, 6.07) is 4.74. The lowest BCUT2D eigenvalue weighted by atomic mass is 9.91. The van der Waals surface area contributed by atoms with Crippen molar-refractivity contribution in [3.63, 3.8) is 0 Å². The molecule has 22 nitrogen and oxygen atoms in total. The van der Waals surface area contributed by atoms with Crippen LogP contribution in [-0.4, -0.2) is 210 Å². The van der Waals surface area contributed by atoms with Gasteiger partial charge in [-0.1, -0.05) is 6.07 Å². The van der Waals surface area contributed by atoms with E-state index in [4.69, 9.17) is 38.9 Å². The Morgan fingerprint density at radius 1 is 0.811 bits per heavy atom. The molecule has 17 atom stereocenters. The number of carboxylic acids is 1. The maximum absolute atomic E-state index is 12.6. The van der Waals surface area contributed by atoms with Gasteiger partial charge >= 0.3 is 5.97 Å². The van der Waals surface area contributed by atoms with E-state index >= 15 is 0 Å². The molecule has 4 rings (SSSR count).